The number of piperazine rings is 1. The second kappa shape index (κ2) is 9.15. The maximum absolute atomic E-state index is 13.0. The summed E-state index contributed by atoms with van der Waals surface area (Å²) in [7, 11) is -0.510. The molecule has 1 fully saturated rings. The van der Waals surface area contributed by atoms with Crippen LogP contribution in [0.5, 0.6) is 11.5 Å². The van der Waals surface area contributed by atoms with Crippen molar-refractivity contribution in [3.63, 3.8) is 0 Å². The summed E-state index contributed by atoms with van der Waals surface area (Å²) in [5.41, 5.74) is 2.63. The molecule has 29 heavy (non-hydrogen) atoms. The Bertz CT molecular complexity index is 918. The van der Waals surface area contributed by atoms with Crippen LogP contribution in [0.4, 0.5) is 0 Å². The van der Waals surface area contributed by atoms with E-state index in [2.05, 4.69) is 38.1 Å². The Morgan fingerprint density at radius 3 is 2.14 bits per heavy atom. The molecule has 1 aliphatic heterocycles. The van der Waals surface area contributed by atoms with Gasteiger partial charge in [0.1, 0.15) is 6.54 Å². The van der Waals surface area contributed by atoms with Gasteiger partial charge in [-0.2, -0.15) is 4.31 Å². The molecule has 1 heterocycles. The molecule has 0 spiro atoms. The van der Waals surface area contributed by atoms with E-state index in [1.54, 1.807) is 16.4 Å². The molecule has 7 heteroatoms. The fourth-order valence-corrected chi connectivity index (χ4v) is 5.11. The van der Waals surface area contributed by atoms with Crippen molar-refractivity contribution in [1.29, 1.82) is 0 Å². The van der Waals surface area contributed by atoms with Crippen LogP contribution in [0.3, 0.4) is 0 Å². The molecule has 1 aliphatic rings. The summed E-state index contributed by atoms with van der Waals surface area (Å²) >= 11 is 0. The fourth-order valence-electron chi connectivity index (χ4n) is 3.65. The number of nitrogens with one attached hydrogen (secondary N) is 1. The minimum atomic E-state index is -3.55. The highest BCUT2D eigenvalue weighted by molar-refractivity contribution is 7.89. The third-order valence-electron chi connectivity index (χ3n) is 5.52. The first kappa shape index (κ1) is 21.6. The van der Waals surface area contributed by atoms with Crippen molar-refractivity contribution < 1.29 is 22.8 Å². The minimum Gasteiger partial charge on any atom is -0.493 e. The summed E-state index contributed by atoms with van der Waals surface area (Å²) in [5.74, 6) is 1.47. The van der Waals surface area contributed by atoms with E-state index in [0.29, 0.717) is 30.5 Å². The van der Waals surface area contributed by atoms with Crippen LogP contribution < -0.4 is 14.4 Å². The first-order valence-electron chi connectivity index (χ1n) is 9.99. The van der Waals surface area contributed by atoms with E-state index in [4.69, 9.17) is 9.47 Å². The molecule has 0 bridgehead atoms. The molecule has 0 amide bonds. The third-order valence-corrected chi connectivity index (χ3v) is 7.42. The molecule has 0 radical (unpaired) electrons. The number of quaternary nitrogens is 1. The van der Waals surface area contributed by atoms with Crippen molar-refractivity contribution in [2.24, 2.45) is 0 Å². The van der Waals surface area contributed by atoms with E-state index >= 15 is 0 Å². The number of nitrogens with zero attached hydrogens (tertiary/aromatic N) is 1. The maximum Gasteiger partial charge on any atom is 0.243 e. The lowest BCUT2D eigenvalue weighted by molar-refractivity contribution is -0.917. The molecular weight excluding hydrogens is 388 g/mol. The quantitative estimate of drug-likeness (QED) is 0.745. The SMILES string of the molecule is COc1ccc(S(=O)(=O)N2CC[NH+](Cc3ccc(C(C)C)cc3)CC2)cc1OC. The molecule has 3 rings (SSSR count). The van der Waals surface area contributed by atoms with Gasteiger partial charge in [0.25, 0.3) is 0 Å². The van der Waals surface area contributed by atoms with Gasteiger partial charge >= 0.3 is 0 Å². The van der Waals surface area contributed by atoms with Crippen molar-refractivity contribution >= 4 is 10.0 Å². The highest BCUT2D eigenvalue weighted by atomic mass is 32.2. The molecular formula is C22H31N2O4S+. The maximum atomic E-state index is 13.0. The van der Waals surface area contributed by atoms with Gasteiger partial charge in [0, 0.05) is 11.6 Å². The van der Waals surface area contributed by atoms with Crippen molar-refractivity contribution in [2.45, 2.75) is 31.2 Å². The highest BCUT2D eigenvalue weighted by Crippen LogP contribution is 2.30. The van der Waals surface area contributed by atoms with Gasteiger partial charge in [-0.1, -0.05) is 38.1 Å². The Hall–Kier alpha value is -2.09. The molecule has 2 aromatic rings. The van der Waals surface area contributed by atoms with Gasteiger partial charge < -0.3 is 14.4 Å². The average Bonchev–Trinajstić information content (AvgIpc) is 2.74. The predicted octanol–water partition coefficient (Wildman–Crippen LogP) is 1.92. The van der Waals surface area contributed by atoms with E-state index in [9.17, 15) is 8.42 Å². The standard InChI is InChI=1S/C22H30N2O4S/c1-17(2)19-7-5-18(6-8-19)16-23-11-13-24(14-12-23)29(25,26)20-9-10-21(27-3)22(15-20)28-4/h5-10,15,17H,11-14,16H2,1-4H3/p+1. The fraction of sp³-hybridized carbons (Fsp3) is 0.455. The van der Waals surface area contributed by atoms with Gasteiger partial charge in [0.15, 0.2) is 11.5 Å². The molecule has 2 aromatic carbocycles. The zero-order chi connectivity index (χ0) is 21.0. The molecule has 158 valence electrons. The van der Waals surface area contributed by atoms with Gasteiger partial charge in [-0.25, -0.2) is 8.42 Å². The first-order chi connectivity index (χ1) is 13.8. The highest BCUT2D eigenvalue weighted by Gasteiger charge is 2.31. The van der Waals surface area contributed by atoms with Crippen molar-refractivity contribution in [2.75, 3.05) is 40.4 Å². The number of hydrogen-bond acceptors (Lipinski definition) is 4. The normalized spacial score (nSPS) is 16.2. The number of sulfonamides is 1. The zero-order valence-electron chi connectivity index (χ0n) is 17.6. The Morgan fingerprint density at radius 1 is 0.966 bits per heavy atom. The number of benzene rings is 2. The molecule has 0 aromatic heterocycles. The van der Waals surface area contributed by atoms with E-state index in [1.165, 1.54) is 36.3 Å². The second-order valence-electron chi connectivity index (χ2n) is 7.74. The molecule has 0 unspecified atom stereocenters. The summed E-state index contributed by atoms with van der Waals surface area (Å²) in [4.78, 5) is 1.64. The summed E-state index contributed by atoms with van der Waals surface area (Å²) in [6, 6.07) is 13.5. The van der Waals surface area contributed by atoms with Gasteiger partial charge in [0.05, 0.1) is 45.3 Å². The lowest BCUT2D eigenvalue weighted by Crippen LogP contribution is -3.13. The van der Waals surface area contributed by atoms with Crippen LogP contribution in [0.1, 0.15) is 30.9 Å². The smallest absolute Gasteiger partial charge is 0.243 e. The lowest BCUT2D eigenvalue weighted by Gasteiger charge is -2.31. The van der Waals surface area contributed by atoms with Crippen LogP contribution in [0.25, 0.3) is 0 Å². The molecule has 0 atom stereocenters. The van der Waals surface area contributed by atoms with Crippen LogP contribution in [0.2, 0.25) is 0 Å². The third kappa shape index (κ3) is 4.91. The van der Waals surface area contributed by atoms with E-state index in [1.807, 2.05) is 0 Å². The van der Waals surface area contributed by atoms with Crippen LogP contribution in [0, 0.1) is 0 Å². The molecule has 1 N–H and O–H groups in total. The number of methoxy groups -OCH3 is 2. The minimum absolute atomic E-state index is 0.239. The van der Waals surface area contributed by atoms with Crippen molar-refractivity contribution in [3.05, 3.63) is 53.6 Å². The first-order valence-corrected chi connectivity index (χ1v) is 11.4. The second-order valence-corrected chi connectivity index (χ2v) is 9.68. The van der Waals surface area contributed by atoms with E-state index in [0.717, 1.165) is 19.6 Å². The number of hydrogen-bond donors (Lipinski definition) is 1. The Morgan fingerprint density at radius 2 is 1.59 bits per heavy atom. The molecule has 0 aliphatic carbocycles. The van der Waals surface area contributed by atoms with E-state index in [-0.39, 0.29) is 4.90 Å². The molecule has 1 saturated heterocycles. The van der Waals surface area contributed by atoms with Gasteiger partial charge in [-0.3, -0.25) is 0 Å². The Balaban J connectivity index is 1.63. The zero-order valence-corrected chi connectivity index (χ0v) is 18.5. The Labute approximate surface area is 174 Å². The largest absolute Gasteiger partial charge is 0.493 e. The number of rotatable bonds is 7. The van der Waals surface area contributed by atoms with Gasteiger partial charge in [-0.15, -0.1) is 0 Å². The van der Waals surface area contributed by atoms with E-state index < -0.39 is 10.0 Å². The summed E-state index contributed by atoms with van der Waals surface area (Å²) in [5, 5.41) is 0. The van der Waals surface area contributed by atoms with Crippen LogP contribution >= 0.6 is 0 Å². The van der Waals surface area contributed by atoms with Crippen molar-refractivity contribution in [3.8, 4) is 11.5 Å². The lowest BCUT2D eigenvalue weighted by atomic mass is 10.0. The summed E-state index contributed by atoms with van der Waals surface area (Å²) < 4.78 is 38.1. The summed E-state index contributed by atoms with van der Waals surface area (Å²) in [6.07, 6.45) is 0. The monoisotopic (exact) mass is 419 g/mol. The summed E-state index contributed by atoms with van der Waals surface area (Å²) in [6.45, 7) is 7.91. The van der Waals surface area contributed by atoms with Gasteiger partial charge in [0.2, 0.25) is 10.0 Å². The topological polar surface area (TPSA) is 60.3 Å². The molecule has 6 nitrogen and oxygen atoms in total. The average molecular weight is 420 g/mol. The Kier molecular flexibility index (Phi) is 6.82. The molecule has 0 saturated carbocycles. The van der Waals surface area contributed by atoms with Crippen LogP contribution in [-0.4, -0.2) is 53.1 Å². The van der Waals surface area contributed by atoms with Gasteiger partial charge in [-0.05, 0) is 23.6 Å². The van der Waals surface area contributed by atoms with Crippen molar-refractivity contribution in [1.82, 2.24) is 4.31 Å². The van der Waals surface area contributed by atoms with Crippen LogP contribution in [0.15, 0.2) is 47.4 Å². The number of ether oxygens (including phenoxy) is 2. The van der Waals surface area contributed by atoms with Crippen LogP contribution in [-0.2, 0) is 16.6 Å². The predicted molar refractivity (Wildman–Crippen MR) is 113 cm³/mol.